The Balaban J connectivity index is 2.05. The summed E-state index contributed by atoms with van der Waals surface area (Å²) >= 11 is 0. The molecule has 3 nitrogen and oxygen atoms in total. The lowest BCUT2D eigenvalue weighted by molar-refractivity contribution is -0.129. The maximum atomic E-state index is 11.5. The minimum Gasteiger partial charge on any atom is -0.349 e. The van der Waals surface area contributed by atoms with Crippen LogP contribution in [0.3, 0.4) is 0 Å². The summed E-state index contributed by atoms with van der Waals surface area (Å²) in [6, 6.07) is 0.302. The first kappa shape index (κ1) is 13.5. The van der Waals surface area contributed by atoms with Crippen LogP contribution in [0.25, 0.3) is 0 Å². The van der Waals surface area contributed by atoms with Crippen LogP contribution in [0.1, 0.15) is 45.4 Å². The summed E-state index contributed by atoms with van der Waals surface area (Å²) in [4.78, 5) is 13.1. The summed E-state index contributed by atoms with van der Waals surface area (Å²) < 4.78 is 0. The summed E-state index contributed by atoms with van der Waals surface area (Å²) in [7, 11) is 3.63. The zero-order valence-electron chi connectivity index (χ0n) is 11.0. The van der Waals surface area contributed by atoms with Crippen molar-refractivity contribution in [2.24, 2.45) is 5.92 Å². The lowest BCUT2D eigenvalue weighted by atomic mass is 10.0. The van der Waals surface area contributed by atoms with Crippen molar-refractivity contribution in [2.45, 2.75) is 51.5 Å². The van der Waals surface area contributed by atoms with Gasteiger partial charge in [-0.2, -0.15) is 0 Å². The van der Waals surface area contributed by atoms with E-state index in [9.17, 15) is 4.79 Å². The van der Waals surface area contributed by atoms with E-state index in [-0.39, 0.29) is 5.91 Å². The Morgan fingerprint density at radius 3 is 2.56 bits per heavy atom. The van der Waals surface area contributed by atoms with Crippen molar-refractivity contribution in [1.82, 2.24) is 10.2 Å². The molecule has 0 spiro atoms. The van der Waals surface area contributed by atoms with E-state index in [2.05, 4.69) is 12.2 Å². The molecule has 0 saturated heterocycles. The predicted octanol–water partition coefficient (Wildman–Crippen LogP) is 2.02. The first-order chi connectivity index (χ1) is 7.59. The Labute approximate surface area is 99.6 Å². The highest BCUT2D eigenvalue weighted by molar-refractivity contribution is 5.76. The smallest absolute Gasteiger partial charge is 0.223 e. The lowest BCUT2D eigenvalue weighted by Gasteiger charge is -2.17. The fraction of sp³-hybridized carbons (Fsp3) is 0.923. The molecule has 1 aliphatic carbocycles. The van der Waals surface area contributed by atoms with Gasteiger partial charge < -0.3 is 10.2 Å². The number of amides is 1. The average Bonchev–Trinajstić information content (AvgIpc) is 2.70. The summed E-state index contributed by atoms with van der Waals surface area (Å²) in [5.74, 6) is 1.14. The Kier molecular flexibility index (Phi) is 5.81. The molecule has 0 aromatic rings. The van der Waals surface area contributed by atoms with Gasteiger partial charge in [0.15, 0.2) is 0 Å². The summed E-state index contributed by atoms with van der Waals surface area (Å²) in [6.07, 6.45) is 7.54. The number of hydrogen-bond donors (Lipinski definition) is 1. The highest BCUT2D eigenvalue weighted by Crippen LogP contribution is 2.26. The van der Waals surface area contributed by atoms with Crippen LogP contribution in [0.4, 0.5) is 0 Å². The molecule has 1 fully saturated rings. The van der Waals surface area contributed by atoms with Crippen molar-refractivity contribution in [2.75, 3.05) is 20.6 Å². The van der Waals surface area contributed by atoms with Crippen molar-refractivity contribution in [3.8, 4) is 0 Å². The third-order valence-electron chi connectivity index (χ3n) is 3.50. The van der Waals surface area contributed by atoms with Gasteiger partial charge >= 0.3 is 0 Å². The highest BCUT2D eigenvalue weighted by Gasteiger charge is 2.15. The van der Waals surface area contributed by atoms with Gasteiger partial charge in [-0.05, 0) is 25.8 Å². The molecule has 1 N–H and O–H groups in total. The molecular formula is C13H26N2O. The van der Waals surface area contributed by atoms with Crippen LogP contribution in [0.5, 0.6) is 0 Å². The van der Waals surface area contributed by atoms with Gasteiger partial charge in [0.1, 0.15) is 0 Å². The third-order valence-corrected chi connectivity index (χ3v) is 3.50. The van der Waals surface area contributed by atoms with Crippen LogP contribution in [-0.4, -0.2) is 37.5 Å². The molecule has 0 heterocycles. The molecule has 16 heavy (non-hydrogen) atoms. The van der Waals surface area contributed by atoms with E-state index in [1.165, 1.54) is 32.1 Å². The normalized spacial score (nSPS) is 18.7. The molecule has 0 aliphatic heterocycles. The van der Waals surface area contributed by atoms with Gasteiger partial charge in [-0.15, -0.1) is 0 Å². The maximum Gasteiger partial charge on any atom is 0.223 e. The summed E-state index contributed by atoms with van der Waals surface area (Å²) in [5.41, 5.74) is 0. The fourth-order valence-corrected chi connectivity index (χ4v) is 2.35. The molecule has 0 aromatic carbocycles. The second-order valence-corrected chi connectivity index (χ2v) is 5.29. The highest BCUT2D eigenvalue weighted by atomic mass is 16.2. The first-order valence-electron chi connectivity index (χ1n) is 6.53. The van der Waals surface area contributed by atoms with E-state index in [0.29, 0.717) is 12.5 Å². The number of nitrogens with one attached hydrogen (secondary N) is 1. The second kappa shape index (κ2) is 6.89. The lowest BCUT2D eigenvalue weighted by Crippen LogP contribution is -2.34. The molecular weight excluding hydrogens is 200 g/mol. The van der Waals surface area contributed by atoms with Crippen LogP contribution < -0.4 is 5.32 Å². The van der Waals surface area contributed by atoms with Gasteiger partial charge in [-0.25, -0.2) is 0 Å². The van der Waals surface area contributed by atoms with E-state index < -0.39 is 0 Å². The van der Waals surface area contributed by atoms with Crippen LogP contribution in [-0.2, 0) is 4.79 Å². The van der Waals surface area contributed by atoms with Crippen LogP contribution in [0.15, 0.2) is 0 Å². The monoisotopic (exact) mass is 226 g/mol. The minimum atomic E-state index is 0.209. The molecule has 0 bridgehead atoms. The standard InChI is InChI=1S/C13H26N2O/c1-11(10-13(16)15(2)3)14-9-8-12-6-4-5-7-12/h11-12,14H,4-10H2,1-3H3. The van der Waals surface area contributed by atoms with Crippen molar-refractivity contribution in [3.05, 3.63) is 0 Å². The quantitative estimate of drug-likeness (QED) is 0.751. The second-order valence-electron chi connectivity index (χ2n) is 5.29. The zero-order chi connectivity index (χ0) is 12.0. The van der Waals surface area contributed by atoms with E-state index in [1.807, 2.05) is 14.1 Å². The number of carbonyl (C=O) groups is 1. The molecule has 3 heteroatoms. The van der Waals surface area contributed by atoms with Crippen molar-refractivity contribution >= 4 is 5.91 Å². The van der Waals surface area contributed by atoms with Gasteiger partial charge in [0, 0.05) is 26.6 Å². The van der Waals surface area contributed by atoms with Gasteiger partial charge in [0.2, 0.25) is 5.91 Å². The molecule has 1 saturated carbocycles. The van der Waals surface area contributed by atoms with Crippen LogP contribution in [0, 0.1) is 5.92 Å². The van der Waals surface area contributed by atoms with Gasteiger partial charge in [0.05, 0.1) is 0 Å². The minimum absolute atomic E-state index is 0.209. The molecule has 0 radical (unpaired) electrons. The number of hydrogen-bond acceptors (Lipinski definition) is 2. The summed E-state index contributed by atoms with van der Waals surface area (Å²) in [6.45, 7) is 3.16. The van der Waals surface area contributed by atoms with E-state index in [0.717, 1.165) is 12.5 Å². The molecule has 1 amide bonds. The Morgan fingerprint density at radius 1 is 1.38 bits per heavy atom. The Morgan fingerprint density at radius 2 is 2.00 bits per heavy atom. The molecule has 1 aliphatic rings. The van der Waals surface area contributed by atoms with Crippen molar-refractivity contribution in [3.63, 3.8) is 0 Å². The van der Waals surface area contributed by atoms with Gasteiger partial charge in [-0.3, -0.25) is 4.79 Å². The van der Waals surface area contributed by atoms with Gasteiger partial charge in [-0.1, -0.05) is 25.7 Å². The van der Waals surface area contributed by atoms with E-state index >= 15 is 0 Å². The van der Waals surface area contributed by atoms with E-state index in [4.69, 9.17) is 0 Å². The zero-order valence-corrected chi connectivity index (χ0v) is 11.0. The van der Waals surface area contributed by atoms with E-state index in [1.54, 1.807) is 4.90 Å². The third kappa shape index (κ3) is 4.97. The SMILES string of the molecule is CC(CC(=O)N(C)C)NCCC1CCCC1. The largest absolute Gasteiger partial charge is 0.349 e. The molecule has 94 valence electrons. The van der Waals surface area contributed by atoms with Crippen molar-refractivity contribution in [1.29, 1.82) is 0 Å². The average molecular weight is 226 g/mol. The molecule has 0 aromatic heterocycles. The number of rotatable bonds is 6. The molecule has 1 rings (SSSR count). The Bertz CT molecular complexity index is 210. The number of nitrogens with zero attached hydrogens (tertiary/aromatic N) is 1. The van der Waals surface area contributed by atoms with Gasteiger partial charge in [0.25, 0.3) is 0 Å². The first-order valence-corrected chi connectivity index (χ1v) is 6.53. The summed E-state index contributed by atoms with van der Waals surface area (Å²) in [5, 5.41) is 3.45. The number of carbonyl (C=O) groups excluding carboxylic acids is 1. The fourth-order valence-electron chi connectivity index (χ4n) is 2.35. The molecule has 1 unspecified atom stereocenters. The Hall–Kier alpha value is -0.570. The molecule has 1 atom stereocenters. The maximum absolute atomic E-state index is 11.5. The topological polar surface area (TPSA) is 32.3 Å². The van der Waals surface area contributed by atoms with Crippen LogP contribution in [0.2, 0.25) is 0 Å². The van der Waals surface area contributed by atoms with Crippen LogP contribution >= 0.6 is 0 Å². The predicted molar refractivity (Wildman–Crippen MR) is 67.4 cm³/mol. The van der Waals surface area contributed by atoms with Crippen molar-refractivity contribution < 1.29 is 4.79 Å².